The molecule has 6 aromatic rings. The van der Waals surface area contributed by atoms with E-state index in [0.717, 1.165) is 0 Å². The van der Waals surface area contributed by atoms with E-state index in [-0.39, 0.29) is 5.41 Å². The minimum atomic E-state index is -0.0845. The summed E-state index contributed by atoms with van der Waals surface area (Å²) in [5, 5.41) is 8.03. The van der Waals surface area contributed by atoms with E-state index < -0.39 is 0 Å². The number of fused-ring (bicyclic) bond motifs is 12. The first-order chi connectivity index (χ1) is 14.7. The van der Waals surface area contributed by atoms with Crippen LogP contribution in [0.25, 0.3) is 54.5 Å². The summed E-state index contributed by atoms with van der Waals surface area (Å²) in [5.74, 6) is 0. The molecular weight excluding hydrogens is 362 g/mol. The van der Waals surface area contributed by atoms with E-state index in [0.29, 0.717) is 0 Å². The largest absolute Gasteiger partial charge is 0.354 e. The Morgan fingerprint density at radius 2 is 1.27 bits per heavy atom. The molecule has 30 heavy (non-hydrogen) atoms. The van der Waals surface area contributed by atoms with Gasteiger partial charge >= 0.3 is 0 Å². The average Bonchev–Trinajstić information content (AvgIpc) is 3.27. The van der Waals surface area contributed by atoms with Crippen LogP contribution in [0.15, 0.2) is 84.9 Å². The molecule has 7 rings (SSSR count). The van der Waals surface area contributed by atoms with Gasteiger partial charge in [-0.2, -0.15) is 0 Å². The van der Waals surface area contributed by atoms with Crippen molar-refractivity contribution >= 4 is 43.4 Å². The van der Waals surface area contributed by atoms with Crippen molar-refractivity contribution in [2.45, 2.75) is 19.3 Å². The third kappa shape index (κ3) is 1.79. The molecule has 1 heterocycles. The molecule has 0 aliphatic heterocycles. The molecule has 1 N–H and O–H groups in total. The van der Waals surface area contributed by atoms with Crippen molar-refractivity contribution in [2.75, 3.05) is 0 Å². The van der Waals surface area contributed by atoms with Crippen LogP contribution in [0.3, 0.4) is 0 Å². The van der Waals surface area contributed by atoms with Crippen LogP contribution in [0.2, 0.25) is 0 Å². The van der Waals surface area contributed by atoms with E-state index in [9.17, 15) is 0 Å². The fraction of sp³-hybridized carbons (Fsp3) is 0.103. The molecule has 0 amide bonds. The Morgan fingerprint density at radius 1 is 0.600 bits per heavy atom. The maximum Gasteiger partial charge on any atom is 0.0548 e. The molecule has 0 saturated carbocycles. The maximum atomic E-state index is 3.75. The van der Waals surface area contributed by atoms with Crippen LogP contribution in [0, 0.1) is 0 Å². The van der Waals surface area contributed by atoms with Crippen LogP contribution in [0.5, 0.6) is 0 Å². The van der Waals surface area contributed by atoms with Gasteiger partial charge in [0.1, 0.15) is 0 Å². The maximum absolute atomic E-state index is 3.75. The van der Waals surface area contributed by atoms with Crippen molar-refractivity contribution in [1.29, 1.82) is 0 Å². The number of aromatic amines is 1. The molecule has 0 fully saturated rings. The summed E-state index contributed by atoms with van der Waals surface area (Å²) >= 11 is 0. The number of H-pyrrole nitrogens is 1. The van der Waals surface area contributed by atoms with Crippen LogP contribution >= 0.6 is 0 Å². The van der Waals surface area contributed by atoms with Crippen molar-refractivity contribution in [3.05, 3.63) is 96.1 Å². The van der Waals surface area contributed by atoms with Gasteiger partial charge in [-0.25, -0.2) is 0 Å². The quantitative estimate of drug-likeness (QED) is 0.274. The van der Waals surface area contributed by atoms with E-state index in [4.69, 9.17) is 0 Å². The molecule has 0 saturated heterocycles. The normalized spacial score (nSPS) is 14.6. The summed E-state index contributed by atoms with van der Waals surface area (Å²) in [7, 11) is 0. The molecule has 0 unspecified atom stereocenters. The number of benzene rings is 5. The predicted octanol–water partition coefficient (Wildman–Crippen LogP) is 7.93. The summed E-state index contributed by atoms with van der Waals surface area (Å²) in [6.07, 6.45) is 0. The second-order valence-corrected chi connectivity index (χ2v) is 9.05. The number of hydrogen-bond acceptors (Lipinski definition) is 0. The first-order valence-electron chi connectivity index (χ1n) is 10.6. The molecule has 1 aliphatic carbocycles. The van der Waals surface area contributed by atoms with Crippen molar-refractivity contribution in [3.8, 4) is 11.1 Å². The second-order valence-electron chi connectivity index (χ2n) is 9.05. The lowest BCUT2D eigenvalue weighted by atomic mass is 9.78. The molecular formula is C29H21N. The summed E-state index contributed by atoms with van der Waals surface area (Å²) in [6.45, 7) is 4.81. The van der Waals surface area contributed by atoms with Crippen LogP contribution in [0.4, 0.5) is 0 Å². The molecule has 1 nitrogen and oxygen atoms in total. The van der Waals surface area contributed by atoms with Crippen LogP contribution in [0.1, 0.15) is 25.0 Å². The zero-order valence-corrected chi connectivity index (χ0v) is 17.1. The fourth-order valence-corrected chi connectivity index (χ4v) is 5.97. The molecule has 0 atom stereocenters. The Balaban J connectivity index is 1.81. The van der Waals surface area contributed by atoms with Crippen LogP contribution in [-0.2, 0) is 5.41 Å². The molecule has 0 spiro atoms. The van der Waals surface area contributed by atoms with Crippen molar-refractivity contribution in [2.24, 2.45) is 0 Å². The molecule has 0 bridgehead atoms. The van der Waals surface area contributed by atoms with Crippen LogP contribution < -0.4 is 0 Å². The second kappa shape index (κ2) is 5.31. The average molecular weight is 383 g/mol. The summed E-state index contributed by atoms with van der Waals surface area (Å²) in [6, 6.07) is 31.1. The third-order valence-electron chi connectivity index (χ3n) is 7.12. The number of rotatable bonds is 0. The van der Waals surface area contributed by atoms with Gasteiger partial charge in [-0.05, 0) is 44.5 Å². The lowest BCUT2D eigenvalue weighted by Gasteiger charge is -2.24. The monoisotopic (exact) mass is 383 g/mol. The van der Waals surface area contributed by atoms with Crippen molar-refractivity contribution < 1.29 is 0 Å². The van der Waals surface area contributed by atoms with E-state index >= 15 is 0 Å². The van der Waals surface area contributed by atoms with Crippen molar-refractivity contribution in [1.82, 2.24) is 4.98 Å². The van der Waals surface area contributed by atoms with Gasteiger partial charge in [0.2, 0.25) is 0 Å². The zero-order valence-electron chi connectivity index (χ0n) is 17.1. The SMILES string of the molecule is CC1(C)c2c(ccc3ccccc23)-c2c1c1c3ccccc3[nH]c1c1ccccc21. The highest BCUT2D eigenvalue weighted by atomic mass is 14.7. The summed E-state index contributed by atoms with van der Waals surface area (Å²) < 4.78 is 0. The highest BCUT2D eigenvalue weighted by Gasteiger charge is 2.40. The van der Waals surface area contributed by atoms with Crippen LogP contribution in [-0.4, -0.2) is 4.98 Å². The number of nitrogens with one attached hydrogen (secondary N) is 1. The van der Waals surface area contributed by atoms with Crippen molar-refractivity contribution in [3.63, 3.8) is 0 Å². The van der Waals surface area contributed by atoms with Gasteiger partial charge in [0, 0.05) is 27.1 Å². The Bertz CT molecular complexity index is 1660. The molecule has 1 aliphatic rings. The fourth-order valence-electron chi connectivity index (χ4n) is 5.97. The lowest BCUT2D eigenvalue weighted by molar-refractivity contribution is 0.673. The molecule has 5 aromatic carbocycles. The Morgan fingerprint density at radius 3 is 2.10 bits per heavy atom. The van der Waals surface area contributed by atoms with E-state index in [2.05, 4.69) is 104 Å². The Hall–Kier alpha value is -3.58. The van der Waals surface area contributed by atoms with Gasteiger partial charge in [-0.3, -0.25) is 0 Å². The molecule has 1 heteroatoms. The van der Waals surface area contributed by atoms with Gasteiger partial charge < -0.3 is 4.98 Å². The predicted molar refractivity (Wildman–Crippen MR) is 128 cm³/mol. The van der Waals surface area contributed by atoms with Gasteiger partial charge in [0.05, 0.1) is 5.52 Å². The standard InChI is InChI=1S/C29H21N/c1-29(2)26-18-10-4-3-9-17(18)15-16-22(26)24-19-11-5-6-12-20(19)28-25(27(24)29)21-13-7-8-14-23(21)30-28/h3-16,30H,1-2H3. The van der Waals surface area contributed by atoms with E-state index in [1.807, 2.05) is 0 Å². The topological polar surface area (TPSA) is 15.8 Å². The smallest absolute Gasteiger partial charge is 0.0548 e. The highest BCUT2D eigenvalue weighted by molar-refractivity contribution is 6.25. The number of hydrogen-bond donors (Lipinski definition) is 1. The minimum absolute atomic E-state index is 0.0845. The van der Waals surface area contributed by atoms with Gasteiger partial charge in [-0.15, -0.1) is 0 Å². The van der Waals surface area contributed by atoms with Gasteiger partial charge in [0.15, 0.2) is 0 Å². The number of para-hydroxylation sites is 1. The first kappa shape index (κ1) is 16.2. The molecule has 0 radical (unpaired) electrons. The Labute approximate surface area is 175 Å². The summed E-state index contributed by atoms with van der Waals surface area (Å²) in [5.41, 5.74) is 8.10. The molecule has 142 valence electrons. The highest BCUT2D eigenvalue weighted by Crippen LogP contribution is 2.57. The van der Waals surface area contributed by atoms with Gasteiger partial charge in [-0.1, -0.05) is 92.7 Å². The summed E-state index contributed by atoms with van der Waals surface area (Å²) in [4.78, 5) is 3.75. The minimum Gasteiger partial charge on any atom is -0.354 e. The Kier molecular flexibility index (Phi) is 2.88. The van der Waals surface area contributed by atoms with Gasteiger partial charge in [0.25, 0.3) is 0 Å². The zero-order chi connectivity index (χ0) is 20.0. The van der Waals surface area contributed by atoms with E-state index in [1.165, 1.54) is 65.6 Å². The third-order valence-corrected chi connectivity index (χ3v) is 7.12. The van der Waals surface area contributed by atoms with E-state index in [1.54, 1.807) is 0 Å². The first-order valence-corrected chi connectivity index (χ1v) is 10.6. The molecule has 1 aromatic heterocycles. The lowest BCUT2D eigenvalue weighted by Crippen LogP contribution is -2.16. The number of aromatic nitrogens is 1.